The van der Waals surface area contributed by atoms with Crippen molar-refractivity contribution in [3.8, 4) is 11.4 Å². The third kappa shape index (κ3) is 6.68. The molecule has 1 aromatic carbocycles. The first kappa shape index (κ1) is 30.1. The van der Waals surface area contributed by atoms with E-state index in [2.05, 4.69) is 65.6 Å². The number of carbonyl (C=O) groups is 1. The molecular formula is C37H47N7O. The van der Waals surface area contributed by atoms with Crippen molar-refractivity contribution >= 4 is 16.8 Å². The lowest BCUT2D eigenvalue weighted by Crippen LogP contribution is -2.45. The van der Waals surface area contributed by atoms with Gasteiger partial charge in [-0.3, -0.25) is 14.7 Å². The van der Waals surface area contributed by atoms with Crippen molar-refractivity contribution in [2.75, 3.05) is 45.8 Å². The lowest BCUT2D eigenvalue weighted by atomic mass is 9.85. The van der Waals surface area contributed by atoms with E-state index in [4.69, 9.17) is 4.98 Å². The van der Waals surface area contributed by atoms with Crippen LogP contribution < -0.4 is 0 Å². The topological polar surface area (TPSA) is 70.4 Å². The molecule has 3 saturated heterocycles. The summed E-state index contributed by atoms with van der Waals surface area (Å²) in [5, 5.41) is 1.35. The normalized spacial score (nSPS) is 19.4. The fraction of sp³-hybridized carbons (Fsp3) is 0.514. The molecule has 0 saturated carbocycles. The summed E-state index contributed by atoms with van der Waals surface area (Å²) in [7, 11) is 0. The lowest BCUT2D eigenvalue weighted by molar-refractivity contribution is -0.138. The average Bonchev–Trinajstić information content (AvgIpc) is 3.43. The van der Waals surface area contributed by atoms with E-state index < -0.39 is 0 Å². The summed E-state index contributed by atoms with van der Waals surface area (Å²) in [5.41, 5.74) is 6.23. The van der Waals surface area contributed by atoms with Gasteiger partial charge in [0.05, 0.1) is 11.4 Å². The molecule has 0 spiro atoms. The second-order valence-corrected chi connectivity index (χ2v) is 13.3. The highest BCUT2D eigenvalue weighted by Crippen LogP contribution is 2.42. The zero-order valence-corrected chi connectivity index (χ0v) is 26.8. The minimum Gasteiger partial charge on any atom is -0.342 e. The number of aryl methyl sites for hydroxylation is 1. The molecule has 3 aliphatic heterocycles. The Balaban J connectivity index is 1.05. The third-order valence-corrected chi connectivity index (χ3v) is 10.4. The van der Waals surface area contributed by atoms with Gasteiger partial charge in [0.1, 0.15) is 5.82 Å². The molecule has 8 nitrogen and oxygen atoms in total. The molecule has 0 atom stereocenters. The van der Waals surface area contributed by atoms with Crippen molar-refractivity contribution in [2.24, 2.45) is 5.92 Å². The van der Waals surface area contributed by atoms with Gasteiger partial charge in [-0.05, 0) is 101 Å². The Morgan fingerprint density at radius 1 is 0.778 bits per heavy atom. The molecule has 0 radical (unpaired) electrons. The van der Waals surface area contributed by atoms with Crippen LogP contribution in [-0.4, -0.2) is 85.9 Å². The van der Waals surface area contributed by atoms with Gasteiger partial charge in [-0.2, -0.15) is 0 Å². The number of amides is 1. The molecule has 0 unspecified atom stereocenters. The van der Waals surface area contributed by atoms with E-state index in [-0.39, 0.29) is 5.92 Å². The van der Waals surface area contributed by atoms with Gasteiger partial charge in [-0.1, -0.05) is 30.7 Å². The van der Waals surface area contributed by atoms with Crippen molar-refractivity contribution in [3.05, 3.63) is 78.0 Å². The highest BCUT2D eigenvalue weighted by atomic mass is 16.2. The first-order valence-electron chi connectivity index (χ1n) is 17.2. The molecule has 7 rings (SSSR count). The van der Waals surface area contributed by atoms with Crippen LogP contribution in [-0.2, 0) is 17.9 Å². The Labute approximate surface area is 267 Å². The SMILES string of the molecule is Cc1ncc(CN2CCC(C(=O)N3CCC(c4c(-c5ccccn5)n(CCN5CCCCC5)c5ccccc45)CC3)CC2)cn1. The Morgan fingerprint density at radius 3 is 2.24 bits per heavy atom. The van der Waals surface area contributed by atoms with Crippen molar-refractivity contribution in [1.29, 1.82) is 0 Å². The largest absolute Gasteiger partial charge is 0.342 e. The summed E-state index contributed by atoms with van der Waals surface area (Å²) in [4.78, 5) is 34.5. The lowest BCUT2D eigenvalue weighted by Gasteiger charge is -2.37. The van der Waals surface area contributed by atoms with Gasteiger partial charge in [0.25, 0.3) is 0 Å². The molecule has 4 aromatic rings. The van der Waals surface area contributed by atoms with Crippen LogP contribution in [0.2, 0.25) is 0 Å². The van der Waals surface area contributed by atoms with Crippen LogP contribution in [0.25, 0.3) is 22.3 Å². The summed E-state index contributed by atoms with van der Waals surface area (Å²) in [6.07, 6.45) is 13.6. The minimum absolute atomic E-state index is 0.132. The number of likely N-dealkylation sites (tertiary alicyclic amines) is 3. The van der Waals surface area contributed by atoms with Gasteiger partial charge in [0.15, 0.2) is 0 Å². The molecule has 0 N–H and O–H groups in total. The number of aromatic nitrogens is 4. The van der Waals surface area contributed by atoms with Crippen molar-refractivity contribution in [2.45, 2.75) is 70.9 Å². The molecule has 3 fully saturated rings. The maximum atomic E-state index is 13.7. The van der Waals surface area contributed by atoms with Gasteiger partial charge in [0, 0.05) is 73.7 Å². The van der Waals surface area contributed by atoms with Gasteiger partial charge in [-0.25, -0.2) is 9.97 Å². The van der Waals surface area contributed by atoms with E-state index in [9.17, 15) is 4.79 Å². The summed E-state index contributed by atoms with van der Waals surface area (Å²) < 4.78 is 2.55. The third-order valence-electron chi connectivity index (χ3n) is 10.4. The first-order valence-corrected chi connectivity index (χ1v) is 17.2. The fourth-order valence-electron chi connectivity index (χ4n) is 7.92. The fourth-order valence-corrected chi connectivity index (χ4v) is 7.92. The number of para-hydroxylation sites is 1. The number of rotatable bonds is 8. The predicted octanol–water partition coefficient (Wildman–Crippen LogP) is 5.91. The summed E-state index contributed by atoms with van der Waals surface area (Å²) in [6.45, 7) is 10.8. The number of hydrogen-bond acceptors (Lipinski definition) is 6. The quantitative estimate of drug-likeness (QED) is 0.249. The second-order valence-electron chi connectivity index (χ2n) is 13.3. The molecule has 236 valence electrons. The van der Waals surface area contributed by atoms with E-state index in [0.29, 0.717) is 11.8 Å². The van der Waals surface area contributed by atoms with Crippen LogP contribution in [0.3, 0.4) is 0 Å². The van der Waals surface area contributed by atoms with Crippen LogP contribution in [0.4, 0.5) is 0 Å². The number of benzene rings is 1. The minimum atomic E-state index is 0.132. The van der Waals surface area contributed by atoms with Crippen molar-refractivity contribution < 1.29 is 4.79 Å². The van der Waals surface area contributed by atoms with Gasteiger partial charge in [0.2, 0.25) is 5.91 Å². The summed E-state index contributed by atoms with van der Waals surface area (Å²) >= 11 is 0. The van der Waals surface area contributed by atoms with E-state index in [1.807, 2.05) is 31.6 Å². The maximum absolute atomic E-state index is 13.7. The highest BCUT2D eigenvalue weighted by Gasteiger charge is 2.34. The molecule has 45 heavy (non-hydrogen) atoms. The second kappa shape index (κ2) is 13.8. The summed E-state index contributed by atoms with van der Waals surface area (Å²) in [6, 6.07) is 15.2. The van der Waals surface area contributed by atoms with Gasteiger partial charge in [-0.15, -0.1) is 0 Å². The van der Waals surface area contributed by atoms with Crippen molar-refractivity contribution in [1.82, 2.24) is 34.2 Å². The van der Waals surface area contributed by atoms with Crippen LogP contribution >= 0.6 is 0 Å². The predicted molar refractivity (Wildman–Crippen MR) is 179 cm³/mol. The smallest absolute Gasteiger partial charge is 0.225 e. The van der Waals surface area contributed by atoms with E-state index in [0.717, 1.165) is 88.6 Å². The first-order chi connectivity index (χ1) is 22.1. The molecular weight excluding hydrogens is 558 g/mol. The monoisotopic (exact) mass is 605 g/mol. The number of carbonyl (C=O) groups excluding carboxylic acids is 1. The van der Waals surface area contributed by atoms with E-state index in [1.165, 1.54) is 54.5 Å². The maximum Gasteiger partial charge on any atom is 0.225 e. The number of pyridine rings is 1. The summed E-state index contributed by atoms with van der Waals surface area (Å²) in [5.74, 6) is 1.71. The molecule has 3 aromatic heterocycles. The van der Waals surface area contributed by atoms with Crippen molar-refractivity contribution in [3.63, 3.8) is 0 Å². The Hall–Kier alpha value is -3.62. The number of hydrogen-bond donors (Lipinski definition) is 0. The molecule has 0 aliphatic carbocycles. The number of nitrogens with zero attached hydrogens (tertiary/aromatic N) is 7. The van der Waals surface area contributed by atoms with Crippen LogP contribution in [0.1, 0.15) is 67.8 Å². The average molecular weight is 606 g/mol. The molecule has 0 bridgehead atoms. The Kier molecular flexibility index (Phi) is 9.21. The van der Waals surface area contributed by atoms with Gasteiger partial charge >= 0.3 is 0 Å². The number of fused-ring (bicyclic) bond motifs is 1. The zero-order chi connectivity index (χ0) is 30.6. The van der Waals surface area contributed by atoms with E-state index in [1.54, 1.807) is 0 Å². The molecule has 8 heteroatoms. The standard InChI is InChI=1S/C37H47N7O/c1-28-39-25-29(26-40-28)27-42-19-12-31(13-20-42)37(45)43-21-14-30(15-22-43)35-32-9-3-4-11-34(32)44(24-23-41-17-7-2-8-18-41)36(35)33-10-5-6-16-38-33/h3-6,9-11,16,25-26,30-31H,2,7-8,12-15,17-24,27H2,1H3. The van der Waals surface area contributed by atoms with Crippen LogP contribution in [0.15, 0.2) is 61.1 Å². The highest BCUT2D eigenvalue weighted by molar-refractivity contribution is 5.92. The number of piperidine rings is 3. The molecule has 3 aliphatic rings. The van der Waals surface area contributed by atoms with Crippen LogP contribution in [0, 0.1) is 12.8 Å². The Morgan fingerprint density at radius 2 is 1.51 bits per heavy atom. The van der Waals surface area contributed by atoms with E-state index >= 15 is 0 Å². The molecule has 1 amide bonds. The van der Waals surface area contributed by atoms with Crippen LogP contribution in [0.5, 0.6) is 0 Å². The molecule has 6 heterocycles. The zero-order valence-electron chi connectivity index (χ0n) is 26.8. The van der Waals surface area contributed by atoms with Gasteiger partial charge < -0.3 is 14.4 Å². The Bertz CT molecular complexity index is 1560.